The average molecular weight is 316 g/mol. The highest BCUT2D eigenvalue weighted by Crippen LogP contribution is 2.24. The number of hydrogen-bond acceptors (Lipinski definition) is 3. The first kappa shape index (κ1) is 16.8. The Bertz CT molecular complexity index is 445. The maximum atomic E-state index is 5.23. The van der Waals surface area contributed by atoms with Crippen LogP contribution in [0.3, 0.4) is 0 Å². The van der Waals surface area contributed by atoms with Crippen molar-refractivity contribution in [3.8, 4) is 5.75 Å². The molecular weight excluding hydrogens is 284 g/mol. The van der Waals surface area contributed by atoms with Gasteiger partial charge >= 0.3 is 0 Å². The van der Waals surface area contributed by atoms with E-state index in [4.69, 9.17) is 4.74 Å². The van der Waals surface area contributed by atoms with Gasteiger partial charge in [0, 0.05) is 6.54 Å². The van der Waals surface area contributed by atoms with E-state index in [1.165, 1.54) is 76.8 Å². The summed E-state index contributed by atoms with van der Waals surface area (Å²) in [5, 5.41) is 3.54. The molecule has 0 aliphatic carbocycles. The highest BCUT2D eigenvalue weighted by molar-refractivity contribution is 5.27. The summed E-state index contributed by atoms with van der Waals surface area (Å²) in [6.07, 6.45) is 8.10. The van der Waals surface area contributed by atoms with Crippen molar-refractivity contribution in [1.29, 1.82) is 0 Å². The normalized spacial score (nSPS) is 23.8. The molecule has 0 spiro atoms. The lowest BCUT2D eigenvalue weighted by Gasteiger charge is -2.35. The minimum Gasteiger partial charge on any atom is -0.497 e. The summed E-state index contributed by atoms with van der Waals surface area (Å²) >= 11 is 0. The van der Waals surface area contributed by atoms with Crippen LogP contribution in [0.1, 0.15) is 37.7 Å². The SMILES string of the molecule is COc1ccc(CCC2CCN(CC3CCCNC3)CC2)cc1. The molecule has 128 valence electrons. The van der Waals surface area contributed by atoms with Crippen LogP contribution in [0.2, 0.25) is 0 Å². The number of methoxy groups -OCH3 is 1. The molecule has 1 unspecified atom stereocenters. The maximum Gasteiger partial charge on any atom is 0.118 e. The second-order valence-corrected chi connectivity index (χ2v) is 7.34. The molecule has 0 amide bonds. The van der Waals surface area contributed by atoms with Gasteiger partial charge in [0.15, 0.2) is 0 Å². The number of aryl methyl sites for hydroxylation is 1. The molecule has 1 N–H and O–H groups in total. The minimum atomic E-state index is 0.889. The first-order valence-electron chi connectivity index (χ1n) is 9.39. The third-order valence-electron chi connectivity index (χ3n) is 5.62. The average Bonchev–Trinajstić information content (AvgIpc) is 2.62. The molecule has 0 aromatic heterocycles. The van der Waals surface area contributed by atoms with Gasteiger partial charge in [-0.3, -0.25) is 0 Å². The van der Waals surface area contributed by atoms with Gasteiger partial charge in [-0.1, -0.05) is 12.1 Å². The largest absolute Gasteiger partial charge is 0.497 e. The van der Waals surface area contributed by atoms with Gasteiger partial charge in [0.1, 0.15) is 5.75 Å². The summed E-state index contributed by atoms with van der Waals surface area (Å²) in [5.74, 6) is 2.76. The van der Waals surface area contributed by atoms with Gasteiger partial charge < -0.3 is 15.0 Å². The van der Waals surface area contributed by atoms with Crippen LogP contribution < -0.4 is 10.1 Å². The van der Waals surface area contributed by atoms with Crippen LogP contribution in [0.5, 0.6) is 5.75 Å². The summed E-state index contributed by atoms with van der Waals surface area (Å²) in [6.45, 7) is 6.40. The smallest absolute Gasteiger partial charge is 0.118 e. The lowest BCUT2D eigenvalue weighted by Crippen LogP contribution is -2.41. The van der Waals surface area contributed by atoms with Gasteiger partial charge in [-0.25, -0.2) is 0 Å². The summed E-state index contributed by atoms with van der Waals surface area (Å²) in [6, 6.07) is 8.58. The Kier molecular flexibility index (Phi) is 6.35. The summed E-state index contributed by atoms with van der Waals surface area (Å²) in [5.41, 5.74) is 1.45. The van der Waals surface area contributed by atoms with Gasteiger partial charge in [0.25, 0.3) is 0 Å². The number of rotatable bonds is 6. The molecule has 1 atom stereocenters. The highest BCUT2D eigenvalue weighted by atomic mass is 16.5. The van der Waals surface area contributed by atoms with Gasteiger partial charge in [-0.05, 0) is 94.2 Å². The standard InChI is InChI=1S/C20H32N2O/c1-23-20-8-6-17(7-9-20)4-5-18-10-13-22(14-11-18)16-19-3-2-12-21-15-19/h6-9,18-19,21H,2-5,10-16H2,1H3. The summed E-state index contributed by atoms with van der Waals surface area (Å²) < 4.78 is 5.23. The van der Waals surface area contributed by atoms with E-state index in [1.54, 1.807) is 7.11 Å². The van der Waals surface area contributed by atoms with Gasteiger partial charge in [0.05, 0.1) is 7.11 Å². The van der Waals surface area contributed by atoms with Crippen molar-refractivity contribution in [2.75, 3.05) is 39.8 Å². The van der Waals surface area contributed by atoms with Crippen molar-refractivity contribution in [3.63, 3.8) is 0 Å². The number of piperidine rings is 2. The minimum absolute atomic E-state index is 0.889. The van der Waals surface area contributed by atoms with Crippen molar-refractivity contribution >= 4 is 0 Å². The van der Waals surface area contributed by atoms with Crippen LogP contribution in [-0.4, -0.2) is 44.7 Å². The van der Waals surface area contributed by atoms with Crippen LogP contribution in [-0.2, 0) is 6.42 Å². The number of ether oxygens (including phenoxy) is 1. The maximum absolute atomic E-state index is 5.23. The monoisotopic (exact) mass is 316 g/mol. The van der Waals surface area contributed by atoms with Crippen LogP contribution in [0, 0.1) is 11.8 Å². The van der Waals surface area contributed by atoms with E-state index >= 15 is 0 Å². The number of likely N-dealkylation sites (tertiary alicyclic amines) is 1. The molecule has 3 nitrogen and oxygen atoms in total. The topological polar surface area (TPSA) is 24.5 Å². The fraction of sp³-hybridized carbons (Fsp3) is 0.700. The Balaban J connectivity index is 1.35. The molecule has 2 aliphatic heterocycles. The predicted octanol–water partition coefficient (Wildman–Crippen LogP) is 3.34. The molecule has 2 fully saturated rings. The fourth-order valence-electron chi connectivity index (χ4n) is 4.07. The molecule has 2 heterocycles. The third-order valence-corrected chi connectivity index (χ3v) is 5.62. The van der Waals surface area contributed by atoms with E-state index in [0.717, 1.165) is 17.6 Å². The van der Waals surface area contributed by atoms with Crippen molar-refractivity contribution in [1.82, 2.24) is 10.2 Å². The van der Waals surface area contributed by atoms with Crippen molar-refractivity contribution in [2.24, 2.45) is 11.8 Å². The first-order valence-corrected chi connectivity index (χ1v) is 9.39. The zero-order chi connectivity index (χ0) is 15.9. The van der Waals surface area contributed by atoms with Crippen LogP contribution in [0.15, 0.2) is 24.3 Å². The Labute approximate surface area is 141 Å². The Morgan fingerprint density at radius 3 is 2.52 bits per heavy atom. The zero-order valence-corrected chi connectivity index (χ0v) is 14.6. The summed E-state index contributed by atoms with van der Waals surface area (Å²) in [7, 11) is 1.73. The lowest BCUT2D eigenvalue weighted by molar-refractivity contribution is 0.146. The third kappa shape index (κ3) is 5.22. The molecule has 0 saturated carbocycles. The molecule has 0 radical (unpaired) electrons. The second kappa shape index (κ2) is 8.70. The van der Waals surface area contributed by atoms with E-state index in [0.29, 0.717) is 0 Å². The van der Waals surface area contributed by atoms with Crippen molar-refractivity contribution in [2.45, 2.75) is 38.5 Å². The van der Waals surface area contributed by atoms with Gasteiger partial charge in [0.2, 0.25) is 0 Å². The van der Waals surface area contributed by atoms with E-state index in [9.17, 15) is 0 Å². The van der Waals surface area contributed by atoms with Gasteiger partial charge in [-0.2, -0.15) is 0 Å². The number of nitrogens with zero attached hydrogens (tertiary/aromatic N) is 1. The Morgan fingerprint density at radius 2 is 1.87 bits per heavy atom. The lowest BCUT2D eigenvalue weighted by atomic mass is 9.89. The van der Waals surface area contributed by atoms with E-state index in [2.05, 4.69) is 34.5 Å². The Hall–Kier alpha value is -1.06. The predicted molar refractivity (Wildman–Crippen MR) is 96.1 cm³/mol. The quantitative estimate of drug-likeness (QED) is 0.871. The van der Waals surface area contributed by atoms with Crippen molar-refractivity contribution < 1.29 is 4.74 Å². The molecule has 3 rings (SSSR count). The molecule has 2 saturated heterocycles. The summed E-state index contributed by atoms with van der Waals surface area (Å²) in [4.78, 5) is 2.71. The fourth-order valence-corrected chi connectivity index (χ4v) is 4.07. The molecule has 2 aliphatic rings. The van der Waals surface area contributed by atoms with Crippen LogP contribution in [0.4, 0.5) is 0 Å². The first-order chi connectivity index (χ1) is 11.3. The number of hydrogen-bond donors (Lipinski definition) is 1. The Morgan fingerprint density at radius 1 is 1.09 bits per heavy atom. The zero-order valence-electron chi connectivity index (χ0n) is 14.6. The van der Waals surface area contributed by atoms with E-state index < -0.39 is 0 Å². The number of benzene rings is 1. The molecule has 3 heteroatoms. The number of nitrogens with one attached hydrogen (secondary N) is 1. The van der Waals surface area contributed by atoms with Gasteiger partial charge in [-0.15, -0.1) is 0 Å². The van der Waals surface area contributed by atoms with E-state index in [1.807, 2.05) is 0 Å². The molecule has 1 aromatic carbocycles. The van der Waals surface area contributed by atoms with Crippen LogP contribution in [0.25, 0.3) is 0 Å². The molecule has 23 heavy (non-hydrogen) atoms. The molecular formula is C20H32N2O. The second-order valence-electron chi connectivity index (χ2n) is 7.34. The highest BCUT2D eigenvalue weighted by Gasteiger charge is 2.22. The molecule has 0 bridgehead atoms. The molecule has 1 aromatic rings. The van der Waals surface area contributed by atoms with Crippen LogP contribution >= 0.6 is 0 Å². The van der Waals surface area contributed by atoms with Crippen molar-refractivity contribution in [3.05, 3.63) is 29.8 Å². The van der Waals surface area contributed by atoms with E-state index in [-0.39, 0.29) is 0 Å².